The van der Waals surface area contributed by atoms with Crippen molar-refractivity contribution in [3.8, 4) is 0 Å². The predicted octanol–water partition coefficient (Wildman–Crippen LogP) is 2.69. The summed E-state index contributed by atoms with van der Waals surface area (Å²) in [5.41, 5.74) is 2.32. The number of nitrogens with zero attached hydrogens (tertiary/aromatic N) is 1. The maximum atomic E-state index is 12.9. The Hall–Kier alpha value is -1.55. The summed E-state index contributed by atoms with van der Waals surface area (Å²) >= 11 is 0. The second-order valence-corrected chi connectivity index (χ2v) is 5.55. The third kappa shape index (κ3) is 3.56. The van der Waals surface area contributed by atoms with Crippen molar-refractivity contribution in [2.45, 2.75) is 45.2 Å². The average molecular weight is 290 g/mol. The number of benzene rings is 1. The van der Waals surface area contributed by atoms with Crippen molar-refractivity contribution in [2.24, 2.45) is 0 Å². The number of fused-ring (bicyclic) bond motifs is 1. The van der Waals surface area contributed by atoms with Crippen LogP contribution in [0.3, 0.4) is 0 Å². The Balaban J connectivity index is 2.08. The standard InChI is InChI=1S/C17H26N2O2/c1-4-14(5-2)19(10-11-21-3)17(20)16-12-13-8-6-7-9-15(13)18-16/h6-9,14,16,18H,4-5,10-12H2,1-3H3. The number of carbonyl (C=O) groups excluding carboxylic acids is 1. The van der Waals surface area contributed by atoms with Gasteiger partial charge in [0.2, 0.25) is 5.91 Å². The lowest BCUT2D eigenvalue weighted by molar-refractivity contribution is -0.135. The largest absolute Gasteiger partial charge is 0.383 e. The Bertz CT molecular complexity index is 447. The average Bonchev–Trinajstić information content (AvgIpc) is 2.95. The number of hydrogen-bond donors (Lipinski definition) is 1. The van der Waals surface area contributed by atoms with Gasteiger partial charge >= 0.3 is 0 Å². The molecule has 0 saturated carbocycles. The lowest BCUT2D eigenvalue weighted by Gasteiger charge is -2.32. The van der Waals surface area contributed by atoms with Crippen molar-refractivity contribution in [1.29, 1.82) is 0 Å². The monoisotopic (exact) mass is 290 g/mol. The van der Waals surface area contributed by atoms with Gasteiger partial charge < -0.3 is 15.0 Å². The molecule has 1 unspecified atom stereocenters. The highest BCUT2D eigenvalue weighted by molar-refractivity contribution is 5.87. The van der Waals surface area contributed by atoms with E-state index in [2.05, 4.69) is 25.2 Å². The summed E-state index contributed by atoms with van der Waals surface area (Å²) in [7, 11) is 1.68. The minimum absolute atomic E-state index is 0.139. The van der Waals surface area contributed by atoms with Gasteiger partial charge in [-0.25, -0.2) is 0 Å². The summed E-state index contributed by atoms with van der Waals surface area (Å²) in [6, 6.07) is 8.31. The third-order valence-corrected chi connectivity index (χ3v) is 4.27. The molecule has 1 aliphatic rings. The summed E-state index contributed by atoms with van der Waals surface area (Å²) in [4.78, 5) is 14.9. The second kappa shape index (κ2) is 7.46. The zero-order valence-corrected chi connectivity index (χ0v) is 13.3. The minimum atomic E-state index is -0.139. The predicted molar refractivity (Wildman–Crippen MR) is 85.5 cm³/mol. The Morgan fingerprint density at radius 3 is 2.71 bits per heavy atom. The third-order valence-electron chi connectivity index (χ3n) is 4.27. The van der Waals surface area contributed by atoms with E-state index in [1.165, 1.54) is 5.56 Å². The maximum absolute atomic E-state index is 12.9. The van der Waals surface area contributed by atoms with Crippen LogP contribution >= 0.6 is 0 Å². The molecule has 0 saturated heterocycles. The van der Waals surface area contributed by atoms with Crippen LogP contribution in [-0.4, -0.2) is 43.2 Å². The number of para-hydroxylation sites is 1. The summed E-state index contributed by atoms with van der Waals surface area (Å²) in [5, 5.41) is 3.36. The van der Waals surface area contributed by atoms with E-state index >= 15 is 0 Å². The van der Waals surface area contributed by atoms with Crippen LogP contribution in [0, 0.1) is 0 Å². The molecule has 0 spiro atoms. The molecule has 0 fully saturated rings. The second-order valence-electron chi connectivity index (χ2n) is 5.55. The minimum Gasteiger partial charge on any atom is -0.383 e. The molecular formula is C17H26N2O2. The van der Waals surface area contributed by atoms with E-state index < -0.39 is 0 Å². The molecule has 4 nitrogen and oxygen atoms in total. The molecule has 1 heterocycles. The number of nitrogens with one attached hydrogen (secondary N) is 1. The van der Waals surface area contributed by atoms with Crippen LogP contribution < -0.4 is 5.32 Å². The van der Waals surface area contributed by atoms with Gasteiger partial charge in [0, 0.05) is 31.8 Å². The molecule has 0 aromatic heterocycles. The molecule has 0 radical (unpaired) electrons. The van der Waals surface area contributed by atoms with E-state index in [1.807, 2.05) is 23.1 Å². The molecule has 116 valence electrons. The normalized spacial score (nSPS) is 16.7. The Morgan fingerprint density at radius 2 is 2.10 bits per heavy atom. The van der Waals surface area contributed by atoms with Crippen molar-refractivity contribution in [3.63, 3.8) is 0 Å². The first-order valence-corrected chi connectivity index (χ1v) is 7.85. The van der Waals surface area contributed by atoms with E-state index in [9.17, 15) is 4.79 Å². The summed E-state index contributed by atoms with van der Waals surface area (Å²) < 4.78 is 5.17. The van der Waals surface area contributed by atoms with Gasteiger partial charge in [0.05, 0.1) is 6.61 Å². The van der Waals surface area contributed by atoms with Crippen molar-refractivity contribution in [3.05, 3.63) is 29.8 Å². The smallest absolute Gasteiger partial charge is 0.245 e. The highest BCUT2D eigenvalue weighted by atomic mass is 16.5. The zero-order valence-electron chi connectivity index (χ0n) is 13.3. The van der Waals surface area contributed by atoms with Crippen LogP contribution in [0.25, 0.3) is 0 Å². The highest BCUT2D eigenvalue weighted by Crippen LogP contribution is 2.26. The van der Waals surface area contributed by atoms with Crippen molar-refractivity contribution in [2.75, 3.05) is 25.6 Å². The van der Waals surface area contributed by atoms with Crippen molar-refractivity contribution in [1.82, 2.24) is 4.90 Å². The highest BCUT2D eigenvalue weighted by Gasteiger charge is 2.32. The molecule has 2 rings (SSSR count). The first kappa shape index (κ1) is 15.8. The molecule has 1 N–H and O–H groups in total. The van der Waals surface area contributed by atoms with Crippen LogP contribution in [-0.2, 0) is 16.0 Å². The molecule has 21 heavy (non-hydrogen) atoms. The number of rotatable bonds is 7. The van der Waals surface area contributed by atoms with E-state index in [0.717, 1.165) is 24.9 Å². The SMILES string of the molecule is CCC(CC)N(CCOC)C(=O)C1Cc2ccccc2N1. The summed E-state index contributed by atoms with van der Waals surface area (Å²) in [6.45, 7) is 5.52. The fraction of sp³-hybridized carbons (Fsp3) is 0.588. The fourth-order valence-electron chi connectivity index (χ4n) is 3.04. The maximum Gasteiger partial charge on any atom is 0.245 e. The van der Waals surface area contributed by atoms with Gasteiger partial charge in [-0.2, -0.15) is 0 Å². The van der Waals surface area contributed by atoms with Crippen molar-refractivity contribution >= 4 is 11.6 Å². The lowest BCUT2D eigenvalue weighted by Crippen LogP contribution is -2.48. The van der Waals surface area contributed by atoms with Gasteiger partial charge in [0.15, 0.2) is 0 Å². The van der Waals surface area contributed by atoms with Gasteiger partial charge in [-0.3, -0.25) is 4.79 Å². The first-order chi connectivity index (χ1) is 10.2. The quantitative estimate of drug-likeness (QED) is 0.839. The number of carbonyl (C=O) groups is 1. The number of ether oxygens (including phenoxy) is 1. The van der Waals surface area contributed by atoms with Crippen LogP contribution in [0.15, 0.2) is 24.3 Å². The summed E-state index contributed by atoms with van der Waals surface area (Å²) in [6.07, 6.45) is 2.73. The van der Waals surface area contributed by atoms with Gasteiger partial charge in [-0.05, 0) is 24.5 Å². The van der Waals surface area contributed by atoms with E-state index in [0.29, 0.717) is 13.2 Å². The molecule has 1 amide bonds. The molecule has 1 aromatic carbocycles. The van der Waals surface area contributed by atoms with Gasteiger partial charge in [0.25, 0.3) is 0 Å². The number of amides is 1. The van der Waals surface area contributed by atoms with Crippen LogP contribution in [0.4, 0.5) is 5.69 Å². The Morgan fingerprint density at radius 1 is 1.38 bits per heavy atom. The van der Waals surface area contributed by atoms with Gasteiger partial charge in [-0.1, -0.05) is 32.0 Å². The molecule has 1 aliphatic heterocycles. The van der Waals surface area contributed by atoms with E-state index in [4.69, 9.17) is 4.74 Å². The lowest BCUT2D eigenvalue weighted by atomic mass is 10.1. The van der Waals surface area contributed by atoms with Crippen LogP contribution in [0.2, 0.25) is 0 Å². The van der Waals surface area contributed by atoms with Crippen molar-refractivity contribution < 1.29 is 9.53 Å². The van der Waals surface area contributed by atoms with Crippen LogP contribution in [0.1, 0.15) is 32.3 Å². The summed E-state index contributed by atoms with van der Waals surface area (Å²) in [5.74, 6) is 0.192. The molecular weight excluding hydrogens is 264 g/mol. The molecule has 0 bridgehead atoms. The molecule has 1 atom stereocenters. The topological polar surface area (TPSA) is 41.6 Å². The first-order valence-electron chi connectivity index (χ1n) is 7.85. The molecule has 4 heteroatoms. The zero-order chi connectivity index (χ0) is 15.2. The van der Waals surface area contributed by atoms with E-state index in [-0.39, 0.29) is 18.0 Å². The van der Waals surface area contributed by atoms with Gasteiger partial charge in [-0.15, -0.1) is 0 Å². The Labute approximate surface area is 127 Å². The number of anilines is 1. The fourth-order valence-corrected chi connectivity index (χ4v) is 3.04. The van der Waals surface area contributed by atoms with E-state index in [1.54, 1.807) is 7.11 Å². The molecule has 0 aliphatic carbocycles. The Kier molecular flexibility index (Phi) is 5.62. The number of methoxy groups -OCH3 is 1. The number of hydrogen-bond acceptors (Lipinski definition) is 3. The van der Waals surface area contributed by atoms with Crippen LogP contribution in [0.5, 0.6) is 0 Å². The van der Waals surface area contributed by atoms with Gasteiger partial charge in [0.1, 0.15) is 6.04 Å². The molecule has 1 aromatic rings.